The van der Waals surface area contributed by atoms with Gasteiger partial charge in [0.2, 0.25) is 0 Å². The van der Waals surface area contributed by atoms with E-state index < -0.39 is 0 Å². The molecule has 66 valence electrons. The molecular weight excluding hydrogens is 138 g/mol. The Bertz CT molecular complexity index is 93.6. The van der Waals surface area contributed by atoms with E-state index in [9.17, 15) is 0 Å². The first-order valence-electron chi connectivity index (χ1n) is 4.31. The van der Waals surface area contributed by atoms with Crippen molar-refractivity contribution in [1.82, 2.24) is 5.32 Å². The van der Waals surface area contributed by atoms with E-state index in [2.05, 4.69) is 11.9 Å². The van der Waals surface area contributed by atoms with Gasteiger partial charge >= 0.3 is 0 Å². The minimum Gasteiger partial charge on any atom is -0.392 e. The van der Waals surface area contributed by atoms with Crippen molar-refractivity contribution in [2.75, 3.05) is 13.1 Å². The number of unbranched alkanes of at least 4 members (excludes halogenated alkanes) is 1. The largest absolute Gasteiger partial charge is 0.392 e. The quantitative estimate of drug-likeness (QED) is 0.431. The summed E-state index contributed by atoms with van der Waals surface area (Å²) in [6.07, 6.45) is 4.72. The number of aliphatic hydroxyl groups excluding tert-OH is 1. The molecule has 1 unspecified atom stereocenters. The predicted molar refractivity (Wildman–Crippen MR) is 48.6 cm³/mol. The van der Waals surface area contributed by atoms with Crippen LogP contribution in [0.2, 0.25) is 0 Å². The summed E-state index contributed by atoms with van der Waals surface area (Å²) in [5.74, 6) is 0. The Balaban J connectivity index is 2.95. The van der Waals surface area contributed by atoms with Gasteiger partial charge in [-0.1, -0.05) is 13.0 Å². The van der Waals surface area contributed by atoms with Crippen LogP contribution in [-0.4, -0.2) is 24.3 Å². The van der Waals surface area contributed by atoms with Crippen LogP contribution >= 0.6 is 0 Å². The zero-order valence-electron chi connectivity index (χ0n) is 7.34. The number of nitrogens with one attached hydrogen (secondary N) is 1. The fraction of sp³-hybridized carbons (Fsp3) is 0.778. The van der Waals surface area contributed by atoms with Crippen molar-refractivity contribution in [3.05, 3.63) is 12.7 Å². The summed E-state index contributed by atoms with van der Waals surface area (Å²) >= 11 is 0. The van der Waals surface area contributed by atoms with Crippen LogP contribution in [0.15, 0.2) is 12.7 Å². The maximum Gasteiger partial charge on any atom is 0.0662 e. The molecule has 0 saturated heterocycles. The van der Waals surface area contributed by atoms with Crippen LogP contribution in [-0.2, 0) is 0 Å². The molecule has 0 heterocycles. The van der Waals surface area contributed by atoms with Crippen LogP contribution in [0, 0.1) is 0 Å². The molecule has 0 spiro atoms. The molecule has 0 aromatic heterocycles. The number of hydrogen-bond donors (Lipinski definition) is 2. The summed E-state index contributed by atoms with van der Waals surface area (Å²) in [5, 5.41) is 12.3. The smallest absolute Gasteiger partial charge is 0.0662 e. The summed E-state index contributed by atoms with van der Waals surface area (Å²) in [6.45, 7) is 7.31. The lowest BCUT2D eigenvalue weighted by molar-refractivity contribution is 0.167. The summed E-state index contributed by atoms with van der Waals surface area (Å²) in [5.41, 5.74) is 0. The van der Waals surface area contributed by atoms with Crippen molar-refractivity contribution in [1.29, 1.82) is 0 Å². The van der Waals surface area contributed by atoms with Gasteiger partial charge < -0.3 is 10.4 Å². The highest BCUT2D eigenvalue weighted by molar-refractivity contribution is 4.66. The molecule has 0 amide bonds. The van der Waals surface area contributed by atoms with Crippen molar-refractivity contribution < 1.29 is 5.11 Å². The van der Waals surface area contributed by atoms with Crippen LogP contribution < -0.4 is 5.32 Å². The van der Waals surface area contributed by atoms with Gasteiger partial charge in [0.15, 0.2) is 0 Å². The molecule has 0 saturated carbocycles. The monoisotopic (exact) mass is 157 g/mol. The van der Waals surface area contributed by atoms with E-state index in [1.165, 1.54) is 0 Å². The van der Waals surface area contributed by atoms with Crippen molar-refractivity contribution in [2.45, 2.75) is 32.3 Å². The van der Waals surface area contributed by atoms with Crippen LogP contribution in [0.3, 0.4) is 0 Å². The molecule has 11 heavy (non-hydrogen) atoms. The van der Waals surface area contributed by atoms with Gasteiger partial charge in [0.05, 0.1) is 6.10 Å². The Hall–Kier alpha value is -0.340. The fourth-order valence-corrected chi connectivity index (χ4v) is 0.784. The summed E-state index contributed by atoms with van der Waals surface area (Å²) in [4.78, 5) is 0. The molecule has 0 rings (SSSR count). The summed E-state index contributed by atoms with van der Waals surface area (Å²) in [7, 11) is 0. The van der Waals surface area contributed by atoms with Crippen molar-refractivity contribution in [3.8, 4) is 0 Å². The molecule has 0 aliphatic heterocycles. The predicted octanol–water partition coefficient (Wildman–Crippen LogP) is 1.31. The highest BCUT2D eigenvalue weighted by Crippen LogP contribution is 1.89. The van der Waals surface area contributed by atoms with Gasteiger partial charge in [-0.2, -0.15) is 0 Å². The Morgan fingerprint density at radius 2 is 2.36 bits per heavy atom. The number of rotatable bonds is 7. The highest BCUT2D eigenvalue weighted by atomic mass is 16.3. The van der Waals surface area contributed by atoms with Crippen molar-refractivity contribution in [2.24, 2.45) is 0 Å². The second-order valence-corrected chi connectivity index (χ2v) is 2.70. The molecule has 0 fully saturated rings. The lowest BCUT2D eigenvalue weighted by Crippen LogP contribution is -2.26. The van der Waals surface area contributed by atoms with Gasteiger partial charge in [0.1, 0.15) is 0 Å². The Morgan fingerprint density at radius 1 is 1.64 bits per heavy atom. The molecule has 0 radical (unpaired) electrons. The van der Waals surface area contributed by atoms with Crippen LogP contribution in [0.4, 0.5) is 0 Å². The number of allylic oxidation sites excluding steroid dienone is 1. The van der Waals surface area contributed by atoms with Gasteiger partial charge in [-0.3, -0.25) is 0 Å². The van der Waals surface area contributed by atoms with Crippen molar-refractivity contribution >= 4 is 0 Å². The van der Waals surface area contributed by atoms with Gasteiger partial charge in [-0.25, -0.2) is 0 Å². The summed E-state index contributed by atoms with van der Waals surface area (Å²) in [6, 6.07) is 0. The SMILES string of the molecule is C=CCCCNCC(O)CC. The standard InChI is InChI=1S/C9H19NO/c1-3-5-6-7-10-8-9(11)4-2/h3,9-11H,1,4-8H2,2H3. The lowest BCUT2D eigenvalue weighted by Gasteiger charge is -2.07. The maximum atomic E-state index is 9.13. The minimum absolute atomic E-state index is 0.182. The molecule has 0 aromatic rings. The first-order chi connectivity index (χ1) is 5.31. The molecule has 0 aliphatic rings. The first kappa shape index (κ1) is 10.7. The zero-order chi connectivity index (χ0) is 8.53. The van der Waals surface area contributed by atoms with Gasteiger partial charge in [0, 0.05) is 6.54 Å². The van der Waals surface area contributed by atoms with Crippen LogP contribution in [0.25, 0.3) is 0 Å². The molecule has 2 N–H and O–H groups in total. The van der Waals surface area contributed by atoms with Gasteiger partial charge in [-0.05, 0) is 25.8 Å². The Morgan fingerprint density at radius 3 is 2.91 bits per heavy atom. The van der Waals surface area contributed by atoms with Crippen LogP contribution in [0.5, 0.6) is 0 Å². The minimum atomic E-state index is -0.182. The van der Waals surface area contributed by atoms with Gasteiger partial charge in [0.25, 0.3) is 0 Å². The average Bonchev–Trinajstić information content (AvgIpc) is 2.04. The third kappa shape index (κ3) is 7.56. The lowest BCUT2D eigenvalue weighted by atomic mass is 10.2. The highest BCUT2D eigenvalue weighted by Gasteiger charge is 1.97. The topological polar surface area (TPSA) is 32.3 Å². The van der Waals surface area contributed by atoms with E-state index in [0.717, 1.165) is 25.8 Å². The van der Waals surface area contributed by atoms with E-state index in [-0.39, 0.29) is 6.10 Å². The van der Waals surface area contributed by atoms with Crippen LogP contribution in [0.1, 0.15) is 26.2 Å². The fourth-order valence-electron chi connectivity index (χ4n) is 0.784. The van der Waals surface area contributed by atoms with Gasteiger partial charge in [-0.15, -0.1) is 6.58 Å². The van der Waals surface area contributed by atoms with E-state index in [4.69, 9.17) is 5.11 Å². The molecule has 2 nitrogen and oxygen atoms in total. The molecule has 0 aromatic carbocycles. The molecule has 1 atom stereocenters. The molecule has 2 heteroatoms. The number of aliphatic hydroxyl groups is 1. The Labute approximate surface area is 69.3 Å². The third-order valence-electron chi connectivity index (χ3n) is 1.61. The van der Waals surface area contributed by atoms with E-state index in [1.54, 1.807) is 0 Å². The normalized spacial score (nSPS) is 12.9. The zero-order valence-corrected chi connectivity index (χ0v) is 7.34. The maximum absolute atomic E-state index is 9.13. The van der Waals surface area contributed by atoms with Crippen molar-refractivity contribution in [3.63, 3.8) is 0 Å². The van der Waals surface area contributed by atoms with E-state index in [0.29, 0.717) is 6.54 Å². The van der Waals surface area contributed by atoms with E-state index >= 15 is 0 Å². The third-order valence-corrected chi connectivity index (χ3v) is 1.61. The molecule has 0 bridgehead atoms. The second-order valence-electron chi connectivity index (χ2n) is 2.70. The second kappa shape index (κ2) is 7.76. The first-order valence-corrected chi connectivity index (χ1v) is 4.31. The van der Waals surface area contributed by atoms with E-state index in [1.807, 2.05) is 13.0 Å². The molecular formula is C9H19NO. The Kier molecular flexibility index (Phi) is 7.52. The molecule has 0 aliphatic carbocycles. The average molecular weight is 157 g/mol. The number of hydrogen-bond acceptors (Lipinski definition) is 2. The summed E-state index contributed by atoms with van der Waals surface area (Å²) < 4.78 is 0.